The lowest BCUT2D eigenvalue weighted by molar-refractivity contribution is -0.274. The van der Waals surface area contributed by atoms with Gasteiger partial charge in [-0.1, -0.05) is 27.4 Å². The maximum atomic E-state index is 15.2. The number of rotatable bonds is 9. The van der Waals surface area contributed by atoms with Crippen LogP contribution in [0.15, 0.2) is 20.5 Å². The molecule has 1 aliphatic heterocycles. The Hall–Kier alpha value is -3.97. The van der Waals surface area contributed by atoms with Crippen molar-refractivity contribution in [1.82, 2.24) is 0 Å². The lowest BCUT2D eigenvalue weighted by atomic mass is 9.83. The van der Waals surface area contributed by atoms with E-state index in [0.29, 0.717) is 0 Å². The fourth-order valence-corrected chi connectivity index (χ4v) is 4.14. The zero-order chi connectivity index (χ0) is 26.8. The van der Waals surface area contributed by atoms with Gasteiger partial charge < -0.3 is 18.9 Å². The molecule has 1 heterocycles. The van der Waals surface area contributed by atoms with Crippen molar-refractivity contribution >= 4 is 11.9 Å². The monoisotopic (exact) mass is 510 g/mol. The summed E-state index contributed by atoms with van der Waals surface area (Å²) < 4.78 is 37.5. The zero-order valence-corrected chi connectivity index (χ0v) is 19.4. The molecule has 0 radical (unpaired) electrons. The number of nitrogens with zero attached hydrogens (tertiary/aromatic N) is 12. The van der Waals surface area contributed by atoms with Gasteiger partial charge in [-0.3, -0.25) is 9.59 Å². The summed E-state index contributed by atoms with van der Waals surface area (Å²) in [5, 5.41) is 14.0. The summed E-state index contributed by atoms with van der Waals surface area (Å²) in [5.74, 6) is -2.51. The number of ether oxygens (including phenoxy) is 4. The Labute approximate surface area is 202 Å². The quantitative estimate of drug-likeness (QED) is 0.193. The number of carbonyl (C=O) groups excluding carboxylic acids is 2. The van der Waals surface area contributed by atoms with Gasteiger partial charge in [-0.05, 0) is 28.5 Å². The van der Waals surface area contributed by atoms with E-state index in [9.17, 15) is 9.59 Å². The number of azide groups is 4. The molecule has 2 aliphatic rings. The van der Waals surface area contributed by atoms with Crippen LogP contribution in [0.1, 0.15) is 27.2 Å². The van der Waals surface area contributed by atoms with Crippen molar-refractivity contribution in [1.29, 1.82) is 0 Å². The van der Waals surface area contributed by atoms with Gasteiger partial charge in [0.1, 0.15) is 24.4 Å². The fraction of sp³-hybridized carbons (Fsp3) is 0.882. The SMILES string of the molecule is CC(=O)OC1C(N=[N+]=[N-])CC(N=[N+]=[N-])C(OC2OC(CN=[N+]=[N-])C(C)C(F)C2N=[N+]=[N-])C1OC(C)=O. The first-order valence-electron chi connectivity index (χ1n) is 10.6. The van der Waals surface area contributed by atoms with E-state index in [0.717, 1.165) is 13.8 Å². The van der Waals surface area contributed by atoms with Crippen LogP contribution in [0.3, 0.4) is 0 Å². The number of halogens is 1. The van der Waals surface area contributed by atoms with E-state index in [-0.39, 0.29) is 13.0 Å². The Balaban J connectivity index is 2.55. The van der Waals surface area contributed by atoms with Crippen LogP contribution < -0.4 is 0 Å². The van der Waals surface area contributed by atoms with Crippen LogP contribution in [-0.2, 0) is 28.5 Å². The molecule has 0 aromatic heterocycles. The Morgan fingerprint density at radius 3 is 2.00 bits per heavy atom. The molecule has 0 aromatic rings. The molecule has 10 atom stereocenters. The molecular formula is C17H23FN12O6. The highest BCUT2D eigenvalue weighted by Crippen LogP contribution is 2.37. The van der Waals surface area contributed by atoms with Crippen LogP contribution in [0.2, 0.25) is 0 Å². The third-order valence-corrected chi connectivity index (χ3v) is 5.70. The third kappa shape index (κ3) is 6.79. The van der Waals surface area contributed by atoms with Crippen molar-refractivity contribution in [3.8, 4) is 0 Å². The maximum absolute atomic E-state index is 15.2. The van der Waals surface area contributed by atoms with E-state index >= 15 is 4.39 Å². The van der Waals surface area contributed by atoms with E-state index in [2.05, 4.69) is 40.1 Å². The number of carbonyl (C=O) groups is 2. The Morgan fingerprint density at radius 2 is 1.47 bits per heavy atom. The van der Waals surface area contributed by atoms with E-state index < -0.39 is 72.9 Å². The molecule has 36 heavy (non-hydrogen) atoms. The van der Waals surface area contributed by atoms with Crippen molar-refractivity contribution in [3.63, 3.8) is 0 Å². The molecule has 0 bridgehead atoms. The van der Waals surface area contributed by atoms with Crippen LogP contribution >= 0.6 is 0 Å². The van der Waals surface area contributed by atoms with Crippen LogP contribution in [0.25, 0.3) is 41.8 Å². The summed E-state index contributed by atoms with van der Waals surface area (Å²) in [6.45, 7) is 3.32. The molecule has 0 spiro atoms. The minimum Gasteiger partial charge on any atom is -0.458 e. The Morgan fingerprint density at radius 1 is 0.917 bits per heavy atom. The van der Waals surface area contributed by atoms with E-state index in [4.69, 9.17) is 41.1 Å². The second-order valence-corrected chi connectivity index (χ2v) is 7.98. The lowest BCUT2D eigenvalue weighted by Crippen LogP contribution is -2.61. The summed E-state index contributed by atoms with van der Waals surface area (Å²) >= 11 is 0. The molecule has 18 nitrogen and oxygen atoms in total. The van der Waals surface area contributed by atoms with Crippen molar-refractivity contribution in [2.75, 3.05) is 6.54 Å². The first kappa shape index (κ1) is 28.3. The van der Waals surface area contributed by atoms with Crippen molar-refractivity contribution in [3.05, 3.63) is 41.8 Å². The number of hydrogen-bond donors (Lipinski definition) is 0. The molecule has 1 saturated heterocycles. The van der Waals surface area contributed by atoms with Gasteiger partial charge in [0.15, 0.2) is 12.4 Å². The Kier molecular flexibility index (Phi) is 10.4. The molecule has 0 N–H and O–H groups in total. The highest BCUT2D eigenvalue weighted by molar-refractivity contribution is 5.67. The normalized spacial score (nSPS) is 35.4. The summed E-state index contributed by atoms with van der Waals surface area (Å²) in [7, 11) is 0. The van der Waals surface area contributed by atoms with Crippen LogP contribution in [-0.4, -0.2) is 73.5 Å². The predicted molar refractivity (Wildman–Crippen MR) is 116 cm³/mol. The van der Waals surface area contributed by atoms with Gasteiger partial charge in [-0.25, -0.2) is 4.39 Å². The van der Waals surface area contributed by atoms with E-state index in [1.54, 1.807) is 0 Å². The summed E-state index contributed by atoms with van der Waals surface area (Å²) in [4.78, 5) is 34.4. The first-order chi connectivity index (χ1) is 17.2. The van der Waals surface area contributed by atoms with Gasteiger partial charge in [-0.15, -0.1) is 0 Å². The van der Waals surface area contributed by atoms with E-state index in [1.165, 1.54) is 6.92 Å². The number of alkyl halides is 1. The molecule has 2 rings (SSSR count). The molecule has 0 aromatic carbocycles. The van der Waals surface area contributed by atoms with Crippen LogP contribution in [0, 0.1) is 5.92 Å². The smallest absolute Gasteiger partial charge is 0.303 e. The van der Waals surface area contributed by atoms with Gasteiger partial charge >= 0.3 is 11.9 Å². The van der Waals surface area contributed by atoms with Crippen LogP contribution in [0.4, 0.5) is 4.39 Å². The molecule has 0 amide bonds. The van der Waals surface area contributed by atoms with Crippen molar-refractivity contribution in [2.24, 2.45) is 26.4 Å². The third-order valence-electron chi connectivity index (χ3n) is 5.70. The van der Waals surface area contributed by atoms with Gasteiger partial charge in [0.05, 0.1) is 24.7 Å². The highest BCUT2D eigenvalue weighted by atomic mass is 19.1. The standard InChI is InChI=1S/C17H23FN12O6/c1-6-11(5-23-27-19)35-17(13(12(6)18)26-30-22)36-15-10(25-29-21)4-9(24-28-20)14(33-7(2)31)16(15)34-8(3)32/h6,9-17H,4-5H2,1-3H3. The molecule has 1 saturated carbocycles. The lowest BCUT2D eigenvalue weighted by Gasteiger charge is -2.46. The van der Waals surface area contributed by atoms with Crippen molar-refractivity contribution < 1.29 is 32.9 Å². The average Bonchev–Trinajstić information content (AvgIpc) is 2.81. The van der Waals surface area contributed by atoms with E-state index in [1.807, 2.05) is 0 Å². The summed E-state index contributed by atoms with van der Waals surface area (Å²) in [5.41, 5.74) is 35.7. The summed E-state index contributed by atoms with van der Waals surface area (Å²) in [6.07, 6.45) is -8.87. The highest BCUT2D eigenvalue weighted by Gasteiger charge is 2.52. The van der Waals surface area contributed by atoms with Gasteiger partial charge in [0, 0.05) is 39.4 Å². The maximum Gasteiger partial charge on any atom is 0.303 e. The van der Waals surface area contributed by atoms with Gasteiger partial charge in [-0.2, -0.15) is 0 Å². The summed E-state index contributed by atoms with van der Waals surface area (Å²) in [6, 6.07) is -3.82. The number of esters is 2. The minimum atomic E-state index is -1.80. The van der Waals surface area contributed by atoms with Gasteiger partial charge in [0.25, 0.3) is 0 Å². The minimum absolute atomic E-state index is 0.203. The van der Waals surface area contributed by atoms with Crippen LogP contribution in [0.5, 0.6) is 0 Å². The Bertz CT molecular complexity index is 1020. The topological polar surface area (TPSA) is 266 Å². The fourth-order valence-electron chi connectivity index (χ4n) is 4.14. The van der Waals surface area contributed by atoms with Crippen molar-refractivity contribution in [2.45, 2.75) is 82.2 Å². The molecule has 2 fully saturated rings. The molecule has 1 aliphatic carbocycles. The zero-order valence-electron chi connectivity index (χ0n) is 19.4. The first-order valence-corrected chi connectivity index (χ1v) is 10.6. The molecular weight excluding hydrogens is 487 g/mol. The molecule has 10 unspecified atom stereocenters. The van der Waals surface area contributed by atoms with Gasteiger partial charge in [0.2, 0.25) is 0 Å². The average molecular weight is 510 g/mol. The predicted octanol–water partition coefficient (Wildman–Crippen LogP) is 3.68. The second-order valence-electron chi connectivity index (χ2n) is 7.98. The number of hydrogen-bond acceptors (Lipinski definition) is 10. The second kappa shape index (κ2) is 13.2. The molecule has 194 valence electrons. The molecule has 19 heteroatoms. The largest absolute Gasteiger partial charge is 0.458 e.